The van der Waals surface area contributed by atoms with Crippen LogP contribution in [0.4, 0.5) is 24.5 Å². The molecule has 0 bridgehead atoms. The number of morpholine rings is 1. The Balaban J connectivity index is 1.39. The van der Waals surface area contributed by atoms with Crippen LogP contribution in [0.2, 0.25) is 0 Å². The average Bonchev–Trinajstić information content (AvgIpc) is 2.86. The molecule has 0 saturated carbocycles. The molecule has 1 aromatic heterocycles. The fourth-order valence-corrected chi connectivity index (χ4v) is 3.59. The van der Waals surface area contributed by atoms with E-state index in [1.165, 1.54) is 12.1 Å². The highest BCUT2D eigenvalue weighted by atomic mass is 19.4. The molecule has 3 aromatic rings. The Morgan fingerprint density at radius 2 is 1.86 bits per heavy atom. The quantitative estimate of drug-likeness (QED) is 0.415. The summed E-state index contributed by atoms with van der Waals surface area (Å²) in [4.78, 5) is 30.7. The lowest BCUT2D eigenvalue weighted by molar-refractivity contribution is -0.142. The number of aromatic nitrogens is 1. The number of anilines is 2. The smallest absolute Gasteiger partial charge is 0.416 e. The van der Waals surface area contributed by atoms with Crippen molar-refractivity contribution in [2.75, 3.05) is 43.1 Å². The second-order valence-electron chi connectivity index (χ2n) is 7.75. The number of hydrogen-bond acceptors (Lipinski definition) is 6. The molecular weight excluding hydrogens is 463 g/mol. The SMILES string of the molecule is O=C(COC(=O)/C=C/c1ccc2ccccc2n1)Nc1cc(C(F)(F)F)ccc1N1CCOCC1. The molecule has 35 heavy (non-hydrogen) atoms. The van der Waals surface area contributed by atoms with Crippen molar-refractivity contribution in [3.63, 3.8) is 0 Å². The maximum absolute atomic E-state index is 13.2. The highest BCUT2D eigenvalue weighted by molar-refractivity contribution is 5.97. The number of rotatable bonds is 6. The summed E-state index contributed by atoms with van der Waals surface area (Å²) in [5.41, 5.74) is 0.818. The van der Waals surface area contributed by atoms with Crippen LogP contribution in [0.3, 0.4) is 0 Å². The van der Waals surface area contributed by atoms with Gasteiger partial charge in [0.05, 0.1) is 41.4 Å². The number of nitrogens with zero attached hydrogens (tertiary/aromatic N) is 2. The van der Waals surface area contributed by atoms with Gasteiger partial charge in [-0.05, 0) is 36.4 Å². The van der Waals surface area contributed by atoms with E-state index in [0.29, 0.717) is 37.7 Å². The van der Waals surface area contributed by atoms with Gasteiger partial charge in [-0.3, -0.25) is 4.79 Å². The Morgan fingerprint density at radius 3 is 2.63 bits per heavy atom. The van der Waals surface area contributed by atoms with Crippen molar-refractivity contribution in [2.24, 2.45) is 0 Å². The maximum atomic E-state index is 13.2. The van der Waals surface area contributed by atoms with E-state index in [1.54, 1.807) is 6.07 Å². The molecule has 1 amide bonds. The molecule has 0 atom stereocenters. The highest BCUT2D eigenvalue weighted by Gasteiger charge is 2.32. The summed E-state index contributed by atoms with van der Waals surface area (Å²) >= 11 is 0. The molecule has 0 aliphatic carbocycles. The first-order valence-electron chi connectivity index (χ1n) is 10.8. The maximum Gasteiger partial charge on any atom is 0.416 e. The summed E-state index contributed by atoms with van der Waals surface area (Å²) in [6.45, 7) is 1.12. The van der Waals surface area contributed by atoms with Crippen LogP contribution in [0, 0.1) is 0 Å². The molecule has 1 saturated heterocycles. The average molecular weight is 485 g/mol. The predicted molar refractivity (Wildman–Crippen MR) is 125 cm³/mol. The number of amides is 1. The van der Waals surface area contributed by atoms with Crippen molar-refractivity contribution in [1.82, 2.24) is 4.98 Å². The molecule has 1 fully saturated rings. The van der Waals surface area contributed by atoms with E-state index in [2.05, 4.69) is 10.3 Å². The van der Waals surface area contributed by atoms with Gasteiger partial charge in [0.25, 0.3) is 5.91 Å². The number of ether oxygens (including phenoxy) is 2. The second-order valence-corrected chi connectivity index (χ2v) is 7.75. The van der Waals surface area contributed by atoms with E-state index >= 15 is 0 Å². The van der Waals surface area contributed by atoms with E-state index in [-0.39, 0.29) is 5.69 Å². The molecular formula is C25H22F3N3O4. The minimum atomic E-state index is -4.57. The van der Waals surface area contributed by atoms with Crippen molar-refractivity contribution < 1.29 is 32.2 Å². The number of nitrogens with one attached hydrogen (secondary N) is 1. The molecule has 1 N–H and O–H groups in total. The summed E-state index contributed by atoms with van der Waals surface area (Å²) in [6, 6.07) is 14.3. The molecule has 182 valence electrons. The number of pyridine rings is 1. The third kappa shape index (κ3) is 6.36. The summed E-state index contributed by atoms with van der Waals surface area (Å²) in [7, 11) is 0. The minimum Gasteiger partial charge on any atom is -0.452 e. The van der Waals surface area contributed by atoms with Crippen LogP contribution in [0.1, 0.15) is 11.3 Å². The second kappa shape index (κ2) is 10.6. The first-order chi connectivity index (χ1) is 16.8. The Hall–Kier alpha value is -3.92. The molecule has 1 aliphatic heterocycles. The zero-order valence-corrected chi connectivity index (χ0v) is 18.5. The first kappa shape index (κ1) is 24.2. The zero-order chi connectivity index (χ0) is 24.8. The van der Waals surface area contributed by atoms with Crippen LogP contribution in [0.15, 0.2) is 60.7 Å². The van der Waals surface area contributed by atoms with Crippen LogP contribution in [-0.4, -0.2) is 49.8 Å². The van der Waals surface area contributed by atoms with Crippen LogP contribution in [0.5, 0.6) is 0 Å². The number of fused-ring (bicyclic) bond motifs is 1. The van der Waals surface area contributed by atoms with E-state index < -0.39 is 30.2 Å². The summed E-state index contributed by atoms with van der Waals surface area (Å²) < 4.78 is 49.9. The van der Waals surface area contributed by atoms with Crippen LogP contribution in [0.25, 0.3) is 17.0 Å². The molecule has 0 unspecified atom stereocenters. The number of esters is 1. The lowest BCUT2D eigenvalue weighted by atomic mass is 10.1. The lowest BCUT2D eigenvalue weighted by Gasteiger charge is -2.31. The Bertz CT molecular complexity index is 1250. The molecule has 2 heterocycles. The molecule has 4 rings (SSSR count). The van der Waals surface area contributed by atoms with Gasteiger partial charge in [-0.15, -0.1) is 0 Å². The Kier molecular flexibility index (Phi) is 7.31. The van der Waals surface area contributed by atoms with Gasteiger partial charge in [0.1, 0.15) is 0 Å². The Morgan fingerprint density at radius 1 is 1.09 bits per heavy atom. The van der Waals surface area contributed by atoms with Crippen LogP contribution >= 0.6 is 0 Å². The number of hydrogen-bond donors (Lipinski definition) is 1. The summed E-state index contributed by atoms with van der Waals surface area (Å²) in [5, 5.41) is 3.39. The van der Waals surface area contributed by atoms with Crippen molar-refractivity contribution in [3.05, 3.63) is 71.9 Å². The number of carbonyl (C=O) groups excluding carboxylic acids is 2. The van der Waals surface area contributed by atoms with Gasteiger partial charge < -0.3 is 19.7 Å². The first-order valence-corrected chi connectivity index (χ1v) is 10.8. The van der Waals surface area contributed by atoms with Gasteiger partial charge >= 0.3 is 12.1 Å². The number of carbonyl (C=O) groups is 2. The number of para-hydroxylation sites is 1. The van der Waals surface area contributed by atoms with Gasteiger partial charge in [0, 0.05) is 24.6 Å². The van der Waals surface area contributed by atoms with E-state index in [9.17, 15) is 22.8 Å². The monoisotopic (exact) mass is 485 g/mol. The summed E-state index contributed by atoms with van der Waals surface area (Å²) in [6.07, 6.45) is -1.99. The van der Waals surface area contributed by atoms with Crippen molar-refractivity contribution in [3.8, 4) is 0 Å². The van der Waals surface area contributed by atoms with Gasteiger partial charge in [-0.2, -0.15) is 13.2 Å². The van der Waals surface area contributed by atoms with E-state index in [0.717, 1.165) is 29.1 Å². The highest BCUT2D eigenvalue weighted by Crippen LogP contribution is 2.35. The van der Waals surface area contributed by atoms with Gasteiger partial charge in [0.15, 0.2) is 6.61 Å². The lowest BCUT2D eigenvalue weighted by Crippen LogP contribution is -2.37. The molecule has 10 heteroatoms. The topological polar surface area (TPSA) is 80.8 Å². The van der Waals surface area contributed by atoms with Crippen molar-refractivity contribution in [1.29, 1.82) is 0 Å². The Labute approximate surface area is 199 Å². The zero-order valence-electron chi connectivity index (χ0n) is 18.5. The number of alkyl halides is 3. The molecule has 0 radical (unpaired) electrons. The molecule has 2 aromatic carbocycles. The van der Waals surface area contributed by atoms with E-state index in [1.807, 2.05) is 35.2 Å². The third-order valence-corrected chi connectivity index (χ3v) is 5.31. The van der Waals surface area contributed by atoms with Gasteiger partial charge in [0.2, 0.25) is 0 Å². The summed E-state index contributed by atoms with van der Waals surface area (Å²) in [5.74, 6) is -1.54. The number of benzene rings is 2. The largest absolute Gasteiger partial charge is 0.452 e. The van der Waals surface area contributed by atoms with Crippen molar-refractivity contribution in [2.45, 2.75) is 6.18 Å². The third-order valence-electron chi connectivity index (χ3n) is 5.31. The van der Waals surface area contributed by atoms with Crippen molar-refractivity contribution >= 4 is 40.2 Å². The normalized spacial score (nSPS) is 14.3. The fourth-order valence-electron chi connectivity index (χ4n) is 3.59. The molecule has 7 nitrogen and oxygen atoms in total. The molecule has 1 aliphatic rings. The fraction of sp³-hybridized carbons (Fsp3) is 0.240. The molecule has 0 spiro atoms. The predicted octanol–water partition coefficient (Wildman–Crippen LogP) is 4.29. The van der Waals surface area contributed by atoms with Crippen LogP contribution in [-0.2, 0) is 25.2 Å². The van der Waals surface area contributed by atoms with Gasteiger partial charge in [-0.25, -0.2) is 9.78 Å². The van der Waals surface area contributed by atoms with Gasteiger partial charge in [-0.1, -0.05) is 24.3 Å². The van der Waals surface area contributed by atoms with E-state index in [4.69, 9.17) is 9.47 Å². The van der Waals surface area contributed by atoms with Crippen LogP contribution < -0.4 is 10.2 Å². The standard InChI is InChI=1S/C25H22F3N3O4/c26-25(27,28)18-6-9-22(31-11-13-34-14-12-31)21(15-18)30-23(32)16-35-24(33)10-8-19-7-5-17-3-1-2-4-20(17)29-19/h1-10,15H,11-14,16H2,(H,30,32)/b10-8+. The number of halogens is 3. The minimum absolute atomic E-state index is 0.0151.